The molecule has 0 aromatic heterocycles. The molecule has 2 aromatic rings. The molecular weight excluding hydrogens is 526 g/mol. The molecule has 0 bridgehead atoms. The molecule has 41 heavy (non-hydrogen) atoms. The highest BCUT2D eigenvalue weighted by Gasteiger charge is 2.30. The monoisotopic (exact) mass is 567 g/mol. The average molecular weight is 568 g/mol. The number of fused-ring (bicyclic) bond motifs is 2. The van der Waals surface area contributed by atoms with E-state index < -0.39 is 12.5 Å². The van der Waals surface area contributed by atoms with E-state index in [-0.39, 0.29) is 12.2 Å². The molecule has 0 saturated carbocycles. The van der Waals surface area contributed by atoms with Crippen molar-refractivity contribution in [1.82, 2.24) is 4.90 Å². The molecule has 0 fully saturated rings. The van der Waals surface area contributed by atoms with Crippen molar-refractivity contribution in [3.05, 3.63) is 71.8 Å². The van der Waals surface area contributed by atoms with Gasteiger partial charge in [-0.2, -0.15) is 0 Å². The smallest absolute Gasteiger partial charge is 0.416 e. The van der Waals surface area contributed by atoms with E-state index in [0.29, 0.717) is 26.4 Å². The minimum Gasteiger partial charge on any atom is -0.449 e. The molecule has 4 rings (SSSR count). The lowest BCUT2D eigenvalue weighted by Gasteiger charge is -2.32. The maximum atomic E-state index is 12.0. The van der Waals surface area contributed by atoms with E-state index in [9.17, 15) is 14.4 Å². The third-order valence-corrected chi connectivity index (χ3v) is 5.60. The number of carbonyl (C=O) groups excluding carboxylic acids is 3. The Morgan fingerprint density at radius 2 is 1.07 bits per heavy atom. The van der Waals surface area contributed by atoms with E-state index in [1.54, 1.807) is 37.7 Å². The summed E-state index contributed by atoms with van der Waals surface area (Å²) in [6.45, 7) is 9.15. The number of carbonyl (C=O) groups is 3. The number of rotatable bonds is 7. The quantitative estimate of drug-likeness (QED) is 0.391. The molecular formula is C31H41N3O7. The second-order valence-electron chi connectivity index (χ2n) is 8.73. The van der Waals surface area contributed by atoms with Crippen LogP contribution in [0, 0.1) is 0 Å². The summed E-state index contributed by atoms with van der Waals surface area (Å²) in [4.78, 5) is 38.0. The van der Waals surface area contributed by atoms with Crippen molar-refractivity contribution >= 4 is 42.1 Å². The molecule has 10 nitrogen and oxygen atoms in total. The summed E-state index contributed by atoms with van der Waals surface area (Å²) in [5, 5.41) is 0. The van der Waals surface area contributed by atoms with Crippen molar-refractivity contribution in [1.29, 1.82) is 0 Å². The van der Waals surface area contributed by atoms with Gasteiger partial charge in [-0.25, -0.2) is 19.4 Å². The molecule has 0 aliphatic carbocycles. The fourth-order valence-electron chi connectivity index (χ4n) is 3.91. The number of para-hydroxylation sites is 2. The van der Waals surface area contributed by atoms with Crippen LogP contribution in [0.1, 0.15) is 38.8 Å². The fourth-order valence-corrected chi connectivity index (χ4v) is 3.91. The Labute approximate surface area is 242 Å². The van der Waals surface area contributed by atoms with Crippen molar-refractivity contribution in [3.8, 4) is 0 Å². The van der Waals surface area contributed by atoms with Gasteiger partial charge in [0.25, 0.3) is 0 Å². The van der Waals surface area contributed by atoms with Crippen LogP contribution in [0.2, 0.25) is 0 Å². The first-order chi connectivity index (χ1) is 19.8. The standard InChI is InChI=1S/2C14H17NO3.C3H7NO/c2*1-3-17-13-10-9-11-7-5-6-8-12(11)15(13)14(16)18-4-2;1-4(2)3-5/h2*5-10,13H,3-4H2,1-2H3;3H,1-2H3. The number of hydrogen-bond donors (Lipinski definition) is 0. The first-order valence-corrected chi connectivity index (χ1v) is 13.6. The van der Waals surface area contributed by atoms with Gasteiger partial charge in [-0.15, -0.1) is 0 Å². The molecule has 2 atom stereocenters. The molecule has 10 heteroatoms. The van der Waals surface area contributed by atoms with E-state index in [1.807, 2.05) is 86.7 Å². The number of benzene rings is 2. The van der Waals surface area contributed by atoms with Crippen LogP contribution in [-0.4, -0.2) is 76.5 Å². The summed E-state index contributed by atoms with van der Waals surface area (Å²) < 4.78 is 21.3. The molecule has 2 aliphatic rings. The van der Waals surface area contributed by atoms with Crippen LogP contribution in [0.5, 0.6) is 0 Å². The zero-order valence-electron chi connectivity index (χ0n) is 24.7. The van der Waals surface area contributed by atoms with Gasteiger partial charge in [0.05, 0.1) is 24.6 Å². The lowest BCUT2D eigenvalue weighted by Crippen LogP contribution is -2.43. The van der Waals surface area contributed by atoms with Gasteiger partial charge in [-0.05, 0) is 63.1 Å². The van der Waals surface area contributed by atoms with Crippen LogP contribution >= 0.6 is 0 Å². The predicted molar refractivity (Wildman–Crippen MR) is 161 cm³/mol. The van der Waals surface area contributed by atoms with Gasteiger partial charge in [0.2, 0.25) is 6.41 Å². The first-order valence-electron chi connectivity index (χ1n) is 13.6. The molecule has 0 N–H and O–H groups in total. The van der Waals surface area contributed by atoms with Crippen LogP contribution in [0.15, 0.2) is 60.7 Å². The maximum Gasteiger partial charge on any atom is 0.416 e. The Bertz CT molecular complexity index is 1100. The van der Waals surface area contributed by atoms with Gasteiger partial charge < -0.3 is 23.8 Å². The van der Waals surface area contributed by atoms with Gasteiger partial charge in [-0.3, -0.25) is 4.79 Å². The van der Waals surface area contributed by atoms with Crippen LogP contribution in [0.3, 0.4) is 0 Å². The Balaban J connectivity index is 0.000000247. The molecule has 3 amide bonds. The highest BCUT2D eigenvalue weighted by molar-refractivity contribution is 5.94. The topological polar surface area (TPSA) is 97.8 Å². The Morgan fingerprint density at radius 3 is 1.39 bits per heavy atom. The van der Waals surface area contributed by atoms with Crippen LogP contribution < -0.4 is 9.80 Å². The molecule has 2 heterocycles. The first kappa shape index (κ1) is 33.1. The van der Waals surface area contributed by atoms with E-state index in [4.69, 9.17) is 18.9 Å². The minimum atomic E-state index is -0.399. The number of ether oxygens (including phenoxy) is 4. The Hall–Kier alpha value is -4.15. The van der Waals surface area contributed by atoms with Crippen LogP contribution in [0.4, 0.5) is 21.0 Å². The molecule has 222 valence electrons. The zero-order valence-corrected chi connectivity index (χ0v) is 24.7. The molecule has 2 aromatic carbocycles. The number of nitrogens with zero attached hydrogens (tertiary/aromatic N) is 3. The van der Waals surface area contributed by atoms with Crippen molar-refractivity contribution in [2.24, 2.45) is 0 Å². The van der Waals surface area contributed by atoms with E-state index in [2.05, 4.69) is 0 Å². The highest BCUT2D eigenvalue weighted by atomic mass is 16.6. The summed E-state index contributed by atoms with van der Waals surface area (Å²) in [6, 6.07) is 15.4. The van der Waals surface area contributed by atoms with Gasteiger partial charge in [0.1, 0.15) is 0 Å². The second kappa shape index (κ2) is 17.5. The van der Waals surface area contributed by atoms with Crippen LogP contribution in [0.25, 0.3) is 12.2 Å². The lowest BCUT2D eigenvalue weighted by atomic mass is 10.1. The largest absolute Gasteiger partial charge is 0.449 e. The fraction of sp³-hybridized carbons (Fsp3) is 0.387. The Kier molecular flexibility index (Phi) is 14.1. The summed E-state index contributed by atoms with van der Waals surface area (Å²) in [5.74, 6) is 0. The van der Waals surface area contributed by atoms with Gasteiger partial charge in [0.15, 0.2) is 12.5 Å². The zero-order chi connectivity index (χ0) is 30.2. The number of hydrogen-bond acceptors (Lipinski definition) is 7. The van der Waals surface area contributed by atoms with Gasteiger partial charge in [0, 0.05) is 27.3 Å². The number of amides is 3. The maximum absolute atomic E-state index is 12.0. The van der Waals surface area contributed by atoms with Gasteiger partial charge >= 0.3 is 12.2 Å². The van der Waals surface area contributed by atoms with Crippen molar-refractivity contribution in [3.63, 3.8) is 0 Å². The second-order valence-corrected chi connectivity index (χ2v) is 8.73. The molecule has 0 spiro atoms. The normalized spacial score (nSPS) is 16.1. The molecule has 0 saturated heterocycles. The molecule has 2 unspecified atom stereocenters. The van der Waals surface area contributed by atoms with E-state index >= 15 is 0 Å². The van der Waals surface area contributed by atoms with Crippen LogP contribution in [-0.2, 0) is 23.7 Å². The summed E-state index contributed by atoms with van der Waals surface area (Å²) >= 11 is 0. The molecule has 2 aliphatic heterocycles. The minimum absolute atomic E-state index is 0.347. The van der Waals surface area contributed by atoms with Crippen molar-refractivity contribution in [2.75, 3.05) is 50.3 Å². The SMILES string of the molecule is CCOC(=O)N1c2ccccc2C=CC1OCC.CCOC(=O)N1c2ccccc2C=CC1OCC.CN(C)C=O. The summed E-state index contributed by atoms with van der Waals surface area (Å²) in [6.07, 6.45) is 6.84. The van der Waals surface area contributed by atoms with E-state index in [1.165, 1.54) is 4.90 Å². The molecule has 0 radical (unpaired) electrons. The third kappa shape index (κ3) is 9.47. The summed E-state index contributed by atoms with van der Waals surface area (Å²) in [5.41, 5.74) is 3.61. The highest BCUT2D eigenvalue weighted by Crippen LogP contribution is 2.31. The lowest BCUT2D eigenvalue weighted by molar-refractivity contribution is -0.115. The predicted octanol–water partition coefficient (Wildman–Crippen LogP) is 5.78. The van der Waals surface area contributed by atoms with E-state index in [0.717, 1.165) is 28.9 Å². The number of anilines is 2. The summed E-state index contributed by atoms with van der Waals surface area (Å²) in [7, 11) is 3.38. The van der Waals surface area contributed by atoms with Gasteiger partial charge in [-0.1, -0.05) is 48.6 Å². The van der Waals surface area contributed by atoms with Crippen molar-refractivity contribution < 1.29 is 33.3 Å². The van der Waals surface area contributed by atoms with Crippen molar-refractivity contribution in [2.45, 2.75) is 40.2 Å². The average Bonchev–Trinajstić information content (AvgIpc) is 2.98. The Morgan fingerprint density at radius 1 is 0.707 bits per heavy atom. The third-order valence-electron chi connectivity index (χ3n) is 5.60.